The number of hydrogen-bond donors (Lipinski definition) is 1. The molecule has 0 bridgehead atoms. The van der Waals surface area contributed by atoms with Crippen LogP contribution in [0, 0.1) is 6.92 Å². The van der Waals surface area contributed by atoms with E-state index in [1.807, 2.05) is 19.1 Å². The molecule has 118 valence electrons. The van der Waals surface area contributed by atoms with E-state index in [-0.39, 0.29) is 13.4 Å². The number of anilines is 1. The normalized spacial score (nSPS) is 11.9. The lowest BCUT2D eigenvalue weighted by Gasteiger charge is -2.08. The number of hydrogen-bond acceptors (Lipinski definition) is 5. The highest BCUT2D eigenvalue weighted by molar-refractivity contribution is 5.96. The predicted octanol–water partition coefficient (Wildman–Crippen LogP) is 2.52. The molecule has 6 heteroatoms. The Kier molecular flexibility index (Phi) is 4.14. The summed E-state index contributed by atoms with van der Waals surface area (Å²) in [5, 5.41) is 2.64. The number of aryl methyl sites for hydroxylation is 1. The van der Waals surface area contributed by atoms with E-state index in [4.69, 9.17) is 14.2 Å². The van der Waals surface area contributed by atoms with Crippen molar-refractivity contribution in [2.45, 2.75) is 6.92 Å². The zero-order valence-corrected chi connectivity index (χ0v) is 12.5. The summed E-state index contributed by atoms with van der Waals surface area (Å²) in [5.74, 6) is 0.253. The van der Waals surface area contributed by atoms with Gasteiger partial charge in [-0.05, 0) is 30.7 Å². The lowest BCUT2D eigenvalue weighted by atomic mass is 10.1. The van der Waals surface area contributed by atoms with Crippen molar-refractivity contribution >= 4 is 17.6 Å². The van der Waals surface area contributed by atoms with Crippen LogP contribution in [0.4, 0.5) is 5.69 Å². The van der Waals surface area contributed by atoms with Crippen molar-refractivity contribution in [3.05, 3.63) is 53.6 Å². The maximum absolute atomic E-state index is 11.9. The summed E-state index contributed by atoms with van der Waals surface area (Å²) >= 11 is 0. The summed E-state index contributed by atoms with van der Waals surface area (Å²) in [6, 6.07) is 12.1. The largest absolute Gasteiger partial charge is 0.454 e. The molecule has 0 atom stereocenters. The Bertz CT molecular complexity index is 756. The lowest BCUT2D eigenvalue weighted by Crippen LogP contribution is -2.21. The Morgan fingerprint density at radius 3 is 2.74 bits per heavy atom. The van der Waals surface area contributed by atoms with Crippen LogP contribution in [-0.2, 0) is 9.53 Å². The van der Waals surface area contributed by atoms with Gasteiger partial charge in [0.15, 0.2) is 18.1 Å². The van der Waals surface area contributed by atoms with E-state index in [9.17, 15) is 9.59 Å². The van der Waals surface area contributed by atoms with E-state index in [2.05, 4.69) is 5.32 Å². The smallest absolute Gasteiger partial charge is 0.338 e. The van der Waals surface area contributed by atoms with Gasteiger partial charge in [0.05, 0.1) is 5.56 Å². The van der Waals surface area contributed by atoms with Crippen LogP contribution in [0.3, 0.4) is 0 Å². The molecule has 0 spiro atoms. The quantitative estimate of drug-likeness (QED) is 0.878. The highest BCUT2D eigenvalue weighted by atomic mass is 16.7. The van der Waals surface area contributed by atoms with Gasteiger partial charge in [-0.2, -0.15) is 0 Å². The third-order valence-electron chi connectivity index (χ3n) is 3.36. The van der Waals surface area contributed by atoms with E-state index in [1.165, 1.54) is 0 Å². The van der Waals surface area contributed by atoms with Crippen molar-refractivity contribution in [2.24, 2.45) is 0 Å². The molecular formula is C17H15NO5. The number of benzene rings is 2. The fraction of sp³-hybridized carbons (Fsp3) is 0.176. The molecule has 2 aromatic carbocycles. The molecule has 0 aliphatic carbocycles. The van der Waals surface area contributed by atoms with Crippen LogP contribution in [0.25, 0.3) is 0 Å². The molecule has 1 aliphatic rings. The predicted molar refractivity (Wildman–Crippen MR) is 82.7 cm³/mol. The molecule has 0 saturated heterocycles. The molecule has 0 aromatic heterocycles. The Morgan fingerprint density at radius 1 is 1.13 bits per heavy atom. The first-order valence-corrected chi connectivity index (χ1v) is 7.06. The SMILES string of the molecule is Cc1ccccc1C(=O)OCC(=O)Nc1ccc2c(c1)OCO2. The second-order valence-corrected chi connectivity index (χ2v) is 5.01. The minimum atomic E-state index is -0.524. The molecule has 2 aromatic rings. The zero-order valence-electron chi connectivity index (χ0n) is 12.5. The maximum atomic E-state index is 11.9. The Balaban J connectivity index is 1.56. The van der Waals surface area contributed by atoms with Crippen LogP contribution in [0.2, 0.25) is 0 Å². The number of ether oxygens (including phenoxy) is 3. The summed E-state index contributed by atoms with van der Waals surface area (Å²) in [7, 11) is 0. The Labute approximate surface area is 133 Å². The molecule has 0 saturated carbocycles. The number of fused-ring (bicyclic) bond motifs is 1. The summed E-state index contributed by atoms with van der Waals surface area (Å²) in [6.07, 6.45) is 0. The lowest BCUT2D eigenvalue weighted by molar-refractivity contribution is -0.119. The number of carbonyl (C=O) groups is 2. The minimum Gasteiger partial charge on any atom is -0.454 e. The molecular weight excluding hydrogens is 298 g/mol. The van der Waals surface area contributed by atoms with Gasteiger partial charge in [-0.15, -0.1) is 0 Å². The monoisotopic (exact) mass is 313 g/mol. The van der Waals surface area contributed by atoms with Crippen molar-refractivity contribution in [3.8, 4) is 11.5 Å². The van der Waals surface area contributed by atoms with E-state index < -0.39 is 11.9 Å². The second-order valence-electron chi connectivity index (χ2n) is 5.01. The van der Waals surface area contributed by atoms with Gasteiger partial charge in [-0.25, -0.2) is 4.79 Å². The summed E-state index contributed by atoms with van der Waals surface area (Å²) < 4.78 is 15.5. The van der Waals surface area contributed by atoms with Crippen LogP contribution in [-0.4, -0.2) is 25.3 Å². The van der Waals surface area contributed by atoms with Crippen molar-refractivity contribution in [3.63, 3.8) is 0 Å². The third kappa shape index (κ3) is 3.42. The molecule has 3 rings (SSSR count). The number of carbonyl (C=O) groups excluding carboxylic acids is 2. The van der Waals surface area contributed by atoms with Gasteiger partial charge in [-0.1, -0.05) is 18.2 Å². The number of rotatable bonds is 4. The van der Waals surface area contributed by atoms with Gasteiger partial charge in [0.25, 0.3) is 5.91 Å². The second kappa shape index (κ2) is 6.39. The molecule has 1 amide bonds. The summed E-state index contributed by atoms with van der Waals surface area (Å²) in [6.45, 7) is 1.62. The molecule has 6 nitrogen and oxygen atoms in total. The van der Waals surface area contributed by atoms with Crippen molar-refractivity contribution in [2.75, 3.05) is 18.7 Å². The number of nitrogens with one attached hydrogen (secondary N) is 1. The van der Waals surface area contributed by atoms with Crippen LogP contribution in [0.15, 0.2) is 42.5 Å². The van der Waals surface area contributed by atoms with Gasteiger partial charge in [0.2, 0.25) is 6.79 Å². The summed E-state index contributed by atoms with van der Waals surface area (Å²) in [4.78, 5) is 23.8. The van der Waals surface area contributed by atoms with Crippen molar-refractivity contribution in [1.82, 2.24) is 0 Å². The number of amides is 1. The molecule has 1 aliphatic heterocycles. The first kappa shape index (κ1) is 14.9. The van der Waals surface area contributed by atoms with Gasteiger partial charge in [-0.3, -0.25) is 4.79 Å². The average molecular weight is 313 g/mol. The summed E-state index contributed by atoms with van der Waals surface area (Å²) in [5.41, 5.74) is 1.79. The van der Waals surface area contributed by atoms with E-state index in [1.54, 1.807) is 30.3 Å². The first-order valence-electron chi connectivity index (χ1n) is 7.06. The van der Waals surface area contributed by atoms with Crippen LogP contribution in [0.5, 0.6) is 11.5 Å². The molecule has 0 fully saturated rings. The third-order valence-corrected chi connectivity index (χ3v) is 3.36. The molecule has 23 heavy (non-hydrogen) atoms. The van der Waals surface area contributed by atoms with Crippen LogP contribution < -0.4 is 14.8 Å². The molecule has 0 radical (unpaired) electrons. The fourth-order valence-electron chi connectivity index (χ4n) is 2.18. The van der Waals surface area contributed by atoms with Crippen LogP contribution in [0.1, 0.15) is 15.9 Å². The standard InChI is InChI=1S/C17H15NO5/c1-11-4-2-3-5-13(11)17(20)21-9-16(19)18-12-6-7-14-15(8-12)23-10-22-14/h2-8H,9-10H2,1H3,(H,18,19). The van der Waals surface area contributed by atoms with Gasteiger partial charge in [0.1, 0.15) is 0 Å². The average Bonchev–Trinajstić information content (AvgIpc) is 3.01. The zero-order chi connectivity index (χ0) is 16.2. The Morgan fingerprint density at radius 2 is 1.91 bits per heavy atom. The van der Waals surface area contributed by atoms with Crippen molar-refractivity contribution < 1.29 is 23.8 Å². The van der Waals surface area contributed by atoms with Crippen molar-refractivity contribution in [1.29, 1.82) is 0 Å². The minimum absolute atomic E-state index is 0.167. The van der Waals surface area contributed by atoms with Gasteiger partial charge < -0.3 is 19.5 Å². The maximum Gasteiger partial charge on any atom is 0.338 e. The highest BCUT2D eigenvalue weighted by Crippen LogP contribution is 2.34. The molecule has 0 unspecified atom stereocenters. The molecule has 1 N–H and O–H groups in total. The number of esters is 1. The van der Waals surface area contributed by atoms with Crippen LogP contribution >= 0.6 is 0 Å². The topological polar surface area (TPSA) is 73.9 Å². The highest BCUT2D eigenvalue weighted by Gasteiger charge is 2.15. The van der Waals surface area contributed by atoms with E-state index in [0.29, 0.717) is 22.7 Å². The van der Waals surface area contributed by atoms with E-state index in [0.717, 1.165) is 5.56 Å². The van der Waals surface area contributed by atoms with Gasteiger partial charge >= 0.3 is 5.97 Å². The van der Waals surface area contributed by atoms with Gasteiger partial charge in [0, 0.05) is 11.8 Å². The first-order chi connectivity index (χ1) is 11.1. The Hall–Kier alpha value is -3.02. The fourth-order valence-corrected chi connectivity index (χ4v) is 2.18. The molecule has 1 heterocycles. The van der Waals surface area contributed by atoms with E-state index >= 15 is 0 Å².